The van der Waals surface area contributed by atoms with Crippen LogP contribution in [0, 0.1) is 6.07 Å². The number of rotatable bonds is 2. The lowest BCUT2D eigenvalue weighted by molar-refractivity contribution is 0.474. The van der Waals surface area contributed by atoms with E-state index in [0.717, 1.165) is 22.0 Å². The second-order valence-corrected chi connectivity index (χ2v) is 5.59. The summed E-state index contributed by atoms with van der Waals surface area (Å²) in [5, 5.41) is 30.0. The first kappa shape index (κ1) is 14.2. The molecule has 117 valence electrons. The van der Waals surface area contributed by atoms with E-state index in [-0.39, 0.29) is 17.2 Å². The summed E-state index contributed by atoms with van der Waals surface area (Å²) in [4.78, 5) is 0. The first-order chi connectivity index (χ1) is 11.6. The lowest BCUT2D eigenvalue weighted by Crippen LogP contribution is -1.91. The van der Waals surface area contributed by atoms with E-state index in [2.05, 4.69) is 6.07 Å². The van der Waals surface area contributed by atoms with Crippen molar-refractivity contribution in [2.24, 2.45) is 0 Å². The summed E-state index contributed by atoms with van der Waals surface area (Å²) in [6, 6.07) is 20.0. The van der Waals surface area contributed by atoms with Gasteiger partial charge in [0.25, 0.3) is 0 Å². The van der Waals surface area contributed by atoms with E-state index in [1.807, 2.05) is 29.0 Å². The monoisotopic (exact) mass is 316 g/mol. The Kier molecular flexibility index (Phi) is 3.17. The Balaban J connectivity index is 2.01. The van der Waals surface area contributed by atoms with Gasteiger partial charge in [-0.1, -0.05) is 12.1 Å². The van der Waals surface area contributed by atoms with Gasteiger partial charge in [-0.3, -0.25) is 0 Å². The highest BCUT2D eigenvalue weighted by Gasteiger charge is 2.13. The molecule has 24 heavy (non-hydrogen) atoms. The van der Waals surface area contributed by atoms with Crippen LogP contribution in [0.3, 0.4) is 0 Å². The highest BCUT2D eigenvalue weighted by atomic mass is 16.3. The van der Waals surface area contributed by atoms with Gasteiger partial charge in [0, 0.05) is 29.3 Å². The summed E-state index contributed by atoms with van der Waals surface area (Å²) in [7, 11) is 0. The summed E-state index contributed by atoms with van der Waals surface area (Å²) >= 11 is 0. The van der Waals surface area contributed by atoms with E-state index in [1.165, 1.54) is 0 Å². The molecule has 0 unspecified atom stereocenters. The number of phenolic OH excluding ortho intramolecular Hbond substituents is 3. The van der Waals surface area contributed by atoms with Crippen molar-refractivity contribution < 1.29 is 15.3 Å². The number of nitrogens with zero attached hydrogens (tertiary/aromatic N) is 1. The van der Waals surface area contributed by atoms with Crippen LogP contribution in [0.1, 0.15) is 0 Å². The number of hydrogen-bond acceptors (Lipinski definition) is 3. The normalized spacial score (nSPS) is 11.0. The van der Waals surface area contributed by atoms with Gasteiger partial charge >= 0.3 is 0 Å². The van der Waals surface area contributed by atoms with Gasteiger partial charge in [0.15, 0.2) is 0 Å². The second kappa shape index (κ2) is 5.35. The van der Waals surface area contributed by atoms with Crippen LogP contribution in [0.2, 0.25) is 0 Å². The number of benzene rings is 3. The fourth-order valence-electron chi connectivity index (χ4n) is 2.87. The summed E-state index contributed by atoms with van der Waals surface area (Å²) in [5.74, 6) is 0.544. The third-order valence-corrected chi connectivity index (χ3v) is 4.00. The van der Waals surface area contributed by atoms with Crippen molar-refractivity contribution in [1.29, 1.82) is 0 Å². The molecule has 0 aliphatic rings. The van der Waals surface area contributed by atoms with Crippen molar-refractivity contribution in [3.63, 3.8) is 0 Å². The average Bonchev–Trinajstić information content (AvgIpc) is 2.94. The maximum Gasteiger partial charge on any atom is 0.117 e. The van der Waals surface area contributed by atoms with E-state index in [4.69, 9.17) is 0 Å². The van der Waals surface area contributed by atoms with E-state index in [1.54, 1.807) is 42.5 Å². The molecule has 0 aliphatic heterocycles. The SMILES string of the molecule is Oc1ccc(-c2cn(-c3[c]ccc(O)c3)c3ccc(O)cc23)cc1. The van der Waals surface area contributed by atoms with Crippen LogP contribution >= 0.6 is 0 Å². The van der Waals surface area contributed by atoms with Crippen LogP contribution in [-0.4, -0.2) is 19.9 Å². The lowest BCUT2D eigenvalue weighted by atomic mass is 10.0. The zero-order chi connectivity index (χ0) is 16.7. The minimum Gasteiger partial charge on any atom is -0.508 e. The number of aromatic hydroxyl groups is 3. The highest BCUT2D eigenvalue weighted by molar-refractivity contribution is 5.98. The molecule has 0 spiro atoms. The summed E-state index contributed by atoms with van der Waals surface area (Å²) in [5.41, 5.74) is 3.42. The predicted octanol–water partition coefficient (Wildman–Crippen LogP) is 4.21. The van der Waals surface area contributed by atoms with Crippen molar-refractivity contribution >= 4 is 10.9 Å². The van der Waals surface area contributed by atoms with E-state index >= 15 is 0 Å². The molecule has 4 heteroatoms. The number of phenols is 3. The predicted molar refractivity (Wildman–Crippen MR) is 92.5 cm³/mol. The van der Waals surface area contributed by atoms with Gasteiger partial charge in [0.05, 0.1) is 11.2 Å². The molecule has 4 nitrogen and oxygen atoms in total. The molecular formula is C20H14NO3. The maximum absolute atomic E-state index is 9.87. The van der Waals surface area contributed by atoms with Crippen LogP contribution in [0.25, 0.3) is 27.7 Å². The molecule has 0 saturated heterocycles. The average molecular weight is 316 g/mol. The van der Waals surface area contributed by atoms with Gasteiger partial charge in [0.2, 0.25) is 0 Å². The van der Waals surface area contributed by atoms with Gasteiger partial charge in [-0.2, -0.15) is 0 Å². The standard InChI is InChI=1S/C20H14NO3/c22-15-6-4-13(5-7-15)19-12-21(14-2-1-3-16(23)10-14)20-9-8-17(24)11-18(19)20/h1,3-12,22-24H. The van der Waals surface area contributed by atoms with Crippen LogP contribution in [0.5, 0.6) is 17.2 Å². The zero-order valence-electron chi connectivity index (χ0n) is 12.6. The maximum atomic E-state index is 9.87. The minimum atomic E-state index is 0.163. The zero-order valence-corrected chi connectivity index (χ0v) is 12.6. The summed E-state index contributed by atoms with van der Waals surface area (Å²) < 4.78 is 1.91. The molecule has 1 heterocycles. The largest absolute Gasteiger partial charge is 0.508 e. The molecule has 3 aromatic carbocycles. The van der Waals surface area contributed by atoms with Crippen molar-refractivity contribution in [2.75, 3.05) is 0 Å². The van der Waals surface area contributed by atoms with Crippen LogP contribution in [0.4, 0.5) is 0 Å². The van der Waals surface area contributed by atoms with Crippen LogP contribution < -0.4 is 0 Å². The topological polar surface area (TPSA) is 65.6 Å². The van der Waals surface area contributed by atoms with Gasteiger partial charge in [0.1, 0.15) is 17.2 Å². The van der Waals surface area contributed by atoms with Crippen molar-refractivity contribution in [2.45, 2.75) is 0 Å². The third kappa shape index (κ3) is 2.34. The number of hydrogen-bond donors (Lipinski definition) is 3. The van der Waals surface area contributed by atoms with E-state index < -0.39 is 0 Å². The Morgan fingerprint density at radius 3 is 2.21 bits per heavy atom. The molecule has 0 atom stereocenters. The van der Waals surface area contributed by atoms with Crippen molar-refractivity contribution in [3.05, 3.63) is 72.9 Å². The number of aromatic nitrogens is 1. The molecule has 0 amide bonds. The lowest BCUT2D eigenvalue weighted by Gasteiger charge is -2.05. The molecule has 0 saturated carbocycles. The van der Waals surface area contributed by atoms with Gasteiger partial charge < -0.3 is 19.9 Å². The van der Waals surface area contributed by atoms with Gasteiger partial charge in [-0.05, 0) is 48.0 Å². The van der Waals surface area contributed by atoms with Crippen LogP contribution in [0.15, 0.2) is 66.9 Å². The fraction of sp³-hybridized carbons (Fsp3) is 0. The van der Waals surface area contributed by atoms with Gasteiger partial charge in [-0.25, -0.2) is 0 Å². The Morgan fingerprint density at radius 2 is 1.46 bits per heavy atom. The Hall–Kier alpha value is -3.40. The Bertz CT molecular complexity index is 1030. The summed E-state index contributed by atoms with van der Waals surface area (Å²) in [6.07, 6.45) is 1.93. The minimum absolute atomic E-state index is 0.163. The quantitative estimate of drug-likeness (QED) is 0.519. The molecule has 4 rings (SSSR count). The second-order valence-electron chi connectivity index (χ2n) is 5.59. The molecule has 4 aromatic rings. The van der Waals surface area contributed by atoms with Crippen LogP contribution in [-0.2, 0) is 0 Å². The fourth-order valence-corrected chi connectivity index (χ4v) is 2.87. The van der Waals surface area contributed by atoms with Crippen molar-refractivity contribution in [3.8, 4) is 34.1 Å². The molecule has 1 aromatic heterocycles. The summed E-state index contributed by atoms with van der Waals surface area (Å²) in [6.45, 7) is 0. The Morgan fingerprint density at radius 1 is 0.750 bits per heavy atom. The van der Waals surface area contributed by atoms with E-state index in [9.17, 15) is 15.3 Å². The highest BCUT2D eigenvalue weighted by Crippen LogP contribution is 2.35. The first-order valence-corrected chi connectivity index (χ1v) is 7.46. The molecule has 0 bridgehead atoms. The van der Waals surface area contributed by atoms with Crippen molar-refractivity contribution in [1.82, 2.24) is 4.57 Å². The smallest absolute Gasteiger partial charge is 0.117 e. The Labute approximate surface area is 138 Å². The molecule has 1 radical (unpaired) electrons. The number of fused-ring (bicyclic) bond motifs is 1. The van der Waals surface area contributed by atoms with Gasteiger partial charge in [-0.15, -0.1) is 0 Å². The molecular weight excluding hydrogens is 302 g/mol. The molecule has 3 N–H and O–H groups in total. The third-order valence-electron chi connectivity index (χ3n) is 4.00. The molecule has 0 fully saturated rings. The first-order valence-electron chi connectivity index (χ1n) is 7.46. The molecule has 0 aliphatic carbocycles. The van der Waals surface area contributed by atoms with E-state index in [0.29, 0.717) is 5.69 Å².